The van der Waals surface area contributed by atoms with E-state index in [1.807, 2.05) is 12.1 Å². The van der Waals surface area contributed by atoms with E-state index in [2.05, 4.69) is 40.2 Å². The summed E-state index contributed by atoms with van der Waals surface area (Å²) in [5, 5.41) is 9.37. The summed E-state index contributed by atoms with van der Waals surface area (Å²) in [6.07, 6.45) is 3.39. The smallest absolute Gasteiger partial charge is 0.335 e. The normalized spacial score (nSPS) is 13.8. The van der Waals surface area contributed by atoms with E-state index in [4.69, 9.17) is 0 Å². The highest BCUT2D eigenvalue weighted by Gasteiger charge is 2.13. The van der Waals surface area contributed by atoms with Gasteiger partial charge in [-0.1, -0.05) is 40.2 Å². The summed E-state index contributed by atoms with van der Waals surface area (Å²) in [7, 11) is 0. The molecule has 3 heteroatoms. The van der Waals surface area contributed by atoms with Crippen LogP contribution in [0.5, 0.6) is 0 Å². The quantitative estimate of drug-likeness (QED) is 0.857. The molecule has 0 unspecified atom stereocenters. The van der Waals surface area contributed by atoms with Gasteiger partial charge >= 0.3 is 5.97 Å². The predicted octanol–water partition coefficient (Wildman–Crippen LogP) is 4.03. The number of benzene rings is 2. The Labute approximate surface area is 126 Å². The van der Waals surface area contributed by atoms with Crippen LogP contribution in [-0.2, 0) is 25.7 Å². The van der Waals surface area contributed by atoms with Gasteiger partial charge in [-0.05, 0) is 60.1 Å². The lowest BCUT2D eigenvalue weighted by atomic mass is 9.93. The molecule has 4 bridgehead atoms. The zero-order chi connectivity index (χ0) is 14.1. The van der Waals surface area contributed by atoms with Crippen LogP contribution in [0, 0.1) is 0 Å². The van der Waals surface area contributed by atoms with Crippen molar-refractivity contribution in [1.82, 2.24) is 0 Å². The summed E-state index contributed by atoms with van der Waals surface area (Å²) in [4.78, 5) is 11.4. The monoisotopic (exact) mass is 330 g/mol. The van der Waals surface area contributed by atoms with Gasteiger partial charge in [-0.2, -0.15) is 0 Å². The Morgan fingerprint density at radius 1 is 0.900 bits per heavy atom. The molecule has 0 saturated heterocycles. The van der Waals surface area contributed by atoms with E-state index in [9.17, 15) is 9.90 Å². The van der Waals surface area contributed by atoms with Crippen molar-refractivity contribution < 1.29 is 9.90 Å². The van der Waals surface area contributed by atoms with E-state index in [1.54, 1.807) is 0 Å². The predicted molar refractivity (Wildman–Crippen MR) is 82.4 cm³/mol. The molecule has 6 rings (SSSR count). The van der Waals surface area contributed by atoms with Gasteiger partial charge < -0.3 is 5.11 Å². The molecule has 0 heterocycles. The highest BCUT2D eigenvalue weighted by Crippen LogP contribution is 2.24. The maximum atomic E-state index is 11.4. The number of halogens is 1. The van der Waals surface area contributed by atoms with Gasteiger partial charge in [0.25, 0.3) is 0 Å². The molecule has 0 atom stereocenters. The molecule has 0 spiro atoms. The zero-order valence-corrected chi connectivity index (χ0v) is 12.6. The van der Waals surface area contributed by atoms with E-state index in [1.165, 1.54) is 11.1 Å². The minimum atomic E-state index is -0.827. The molecule has 102 valence electrons. The SMILES string of the molecule is O=C(O)c1cc2ccc1CCc1ccc(cc1Br)CC2. The molecule has 2 aromatic carbocycles. The topological polar surface area (TPSA) is 37.3 Å². The molecule has 0 aromatic heterocycles. The number of aromatic carboxylic acids is 1. The highest BCUT2D eigenvalue weighted by molar-refractivity contribution is 9.10. The van der Waals surface area contributed by atoms with Crippen LogP contribution in [0.1, 0.15) is 32.6 Å². The first-order valence-electron chi connectivity index (χ1n) is 6.76. The van der Waals surface area contributed by atoms with Gasteiger partial charge in [-0.25, -0.2) is 4.79 Å². The number of aryl methyl sites for hydroxylation is 4. The first kappa shape index (κ1) is 13.4. The molecule has 1 N–H and O–H groups in total. The van der Waals surface area contributed by atoms with Crippen LogP contribution in [0.2, 0.25) is 0 Å². The maximum Gasteiger partial charge on any atom is 0.335 e. The van der Waals surface area contributed by atoms with Gasteiger partial charge in [-0.3, -0.25) is 0 Å². The van der Waals surface area contributed by atoms with Crippen LogP contribution in [0.3, 0.4) is 0 Å². The second-order valence-corrected chi connectivity index (χ2v) is 6.08. The van der Waals surface area contributed by atoms with Crippen LogP contribution in [0.15, 0.2) is 40.9 Å². The number of hydrogen-bond donors (Lipinski definition) is 1. The average molecular weight is 331 g/mol. The van der Waals surface area contributed by atoms with Crippen LogP contribution in [-0.4, -0.2) is 11.1 Å². The maximum absolute atomic E-state index is 11.4. The Morgan fingerprint density at radius 3 is 2.15 bits per heavy atom. The molecular weight excluding hydrogens is 316 g/mol. The fraction of sp³-hybridized carbons (Fsp3) is 0.235. The molecule has 0 saturated carbocycles. The molecule has 0 aliphatic heterocycles. The standard InChI is InChI=1S/C17H15BrO2/c18-16-10-12-2-1-11-3-5-13(15(9-11)17(19)20)7-8-14(16)6-4-12/h3-6,9-10H,1-2,7-8H2,(H,19,20). The third-order valence-corrected chi connectivity index (χ3v) is 4.63. The van der Waals surface area contributed by atoms with Gasteiger partial charge in [0.1, 0.15) is 0 Å². The first-order valence-corrected chi connectivity index (χ1v) is 7.55. The lowest BCUT2D eigenvalue weighted by Crippen LogP contribution is -2.07. The van der Waals surface area contributed by atoms with Crippen molar-refractivity contribution in [2.24, 2.45) is 0 Å². The fourth-order valence-corrected chi connectivity index (χ4v) is 3.33. The van der Waals surface area contributed by atoms with E-state index >= 15 is 0 Å². The van der Waals surface area contributed by atoms with Gasteiger partial charge in [0, 0.05) is 4.47 Å². The van der Waals surface area contributed by atoms with Crippen molar-refractivity contribution in [3.05, 3.63) is 68.7 Å². The Kier molecular flexibility index (Phi) is 3.62. The van der Waals surface area contributed by atoms with Crippen LogP contribution in [0.4, 0.5) is 0 Å². The highest BCUT2D eigenvalue weighted by atomic mass is 79.9. The van der Waals surface area contributed by atoms with Gasteiger partial charge in [-0.15, -0.1) is 0 Å². The summed E-state index contributed by atoms with van der Waals surface area (Å²) < 4.78 is 1.13. The van der Waals surface area contributed by atoms with Crippen molar-refractivity contribution in [3.8, 4) is 0 Å². The third-order valence-electron chi connectivity index (χ3n) is 3.89. The minimum Gasteiger partial charge on any atom is -0.478 e. The van der Waals surface area contributed by atoms with Gasteiger partial charge in [0.05, 0.1) is 5.56 Å². The Morgan fingerprint density at radius 2 is 1.50 bits per heavy atom. The summed E-state index contributed by atoms with van der Waals surface area (Å²) in [6, 6.07) is 12.4. The fourth-order valence-electron chi connectivity index (χ4n) is 2.70. The number of rotatable bonds is 1. The van der Waals surface area contributed by atoms with E-state index in [0.717, 1.165) is 41.3 Å². The van der Waals surface area contributed by atoms with Crippen LogP contribution >= 0.6 is 15.9 Å². The summed E-state index contributed by atoms with van der Waals surface area (Å²) in [6.45, 7) is 0. The van der Waals surface area contributed by atoms with E-state index in [0.29, 0.717) is 5.56 Å². The molecular formula is C17H15BrO2. The summed E-state index contributed by atoms with van der Waals surface area (Å²) in [5.41, 5.74) is 4.97. The van der Waals surface area contributed by atoms with Crippen LogP contribution in [0.25, 0.3) is 0 Å². The molecule has 2 aromatic rings. The number of hydrogen-bond acceptors (Lipinski definition) is 1. The van der Waals surface area contributed by atoms with Crippen LogP contribution < -0.4 is 0 Å². The second kappa shape index (κ2) is 5.41. The molecule has 20 heavy (non-hydrogen) atoms. The van der Waals surface area contributed by atoms with Crippen molar-refractivity contribution in [1.29, 1.82) is 0 Å². The summed E-state index contributed by atoms with van der Waals surface area (Å²) >= 11 is 3.62. The zero-order valence-electron chi connectivity index (χ0n) is 11.0. The van der Waals surface area contributed by atoms with Crippen molar-refractivity contribution in [3.63, 3.8) is 0 Å². The molecule has 4 aliphatic rings. The first-order chi connectivity index (χ1) is 9.63. The average Bonchev–Trinajstić information content (AvgIpc) is 2.42. The van der Waals surface area contributed by atoms with Crippen molar-refractivity contribution in [2.45, 2.75) is 25.7 Å². The molecule has 4 aliphatic carbocycles. The van der Waals surface area contributed by atoms with Gasteiger partial charge in [0.2, 0.25) is 0 Å². The van der Waals surface area contributed by atoms with Gasteiger partial charge in [0.15, 0.2) is 0 Å². The van der Waals surface area contributed by atoms with E-state index < -0.39 is 5.97 Å². The van der Waals surface area contributed by atoms with Crippen molar-refractivity contribution >= 4 is 21.9 Å². The largest absolute Gasteiger partial charge is 0.478 e. The molecule has 0 amide bonds. The number of carboxylic acids is 1. The second-order valence-electron chi connectivity index (χ2n) is 5.22. The Bertz CT molecular complexity index is 677. The van der Waals surface area contributed by atoms with E-state index in [-0.39, 0.29) is 0 Å². The minimum absolute atomic E-state index is 0.452. The third kappa shape index (κ3) is 2.63. The summed E-state index contributed by atoms with van der Waals surface area (Å²) in [5.74, 6) is -0.827. The lowest BCUT2D eigenvalue weighted by Gasteiger charge is -2.13. The number of carbonyl (C=O) groups is 1. The van der Waals surface area contributed by atoms with Crippen molar-refractivity contribution in [2.75, 3.05) is 0 Å². The number of carboxylic acid groups (broad SMARTS) is 1. The molecule has 2 nitrogen and oxygen atoms in total. The molecule has 0 radical (unpaired) electrons. The Balaban J connectivity index is 2.06. The molecule has 0 fully saturated rings. The lowest BCUT2D eigenvalue weighted by molar-refractivity contribution is 0.0695. The Hall–Kier alpha value is -1.61.